The van der Waals surface area contributed by atoms with E-state index in [9.17, 15) is 8.78 Å². The number of fused-ring (bicyclic) bond motifs is 2. The van der Waals surface area contributed by atoms with E-state index in [1.807, 2.05) is 0 Å². The molecule has 17 heavy (non-hydrogen) atoms. The van der Waals surface area contributed by atoms with E-state index < -0.39 is 11.6 Å². The molecule has 3 unspecified atom stereocenters. The minimum Gasteiger partial charge on any atom is -0.382 e. The van der Waals surface area contributed by atoms with Gasteiger partial charge in [0.1, 0.15) is 0 Å². The molecule has 1 N–H and O–H groups in total. The molecule has 0 radical (unpaired) electrons. The molecule has 3 heteroatoms. The zero-order valence-electron chi connectivity index (χ0n) is 9.76. The SMILES string of the molecule is Fc1cccc(NCC2CC3CCC2C3)c1F. The highest BCUT2D eigenvalue weighted by Gasteiger charge is 2.39. The first-order valence-electron chi connectivity index (χ1n) is 6.42. The van der Waals surface area contributed by atoms with Crippen LogP contribution in [0.25, 0.3) is 0 Å². The van der Waals surface area contributed by atoms with Gasteiger partial charge >= 0.3 is 0 Å². The fourth-order valence-corrected chi connectivity index (χ4v) is 3.51. The van der Waals surface area contributed by atoms with Crippen molar-refractivity contribution < 1.29 is 8.78 Å². The predicted molar refractivity (Wildman–Crippen MR) is 63.8 cm³/mol. The van der Waals surface area contributed by atoms with Gasteiger partial charge in [0.05, 0.1) is 5.69 Å². The van der Waals surface area contributed by atoms with Crippen molar-refractivity contribution in [3.05, 3.63) is 29.8 Å². The number of rotatable bonds is 3. The Balaban J connectivity index is 1.62. The Bertz CT molecular complexity index is 419. The Morgan fingerprint density at radius 3 is 2.76 bits per heavy atom. The fraction of sp³-hybridized carbons (Fsp3) is 0.571. The van der Waals surface area contributed by atoms with Crippen molar-refractivity contribution in [3.8, 4) is 0 Å². The number of hydrogen-bond acceptors (Lipinski definition) is 1. The van der Waals surface area contributed by atoms with E-state index in [0.29, 0.717) is 11.6 Å². The van der Waals surface area contributed by atoms with Gasteiger partial charge in [-0.25, -0.2) is 8.78 Å². The largest absolute Gasteiger partial charge is 0.382 e. The molecule has 92 valence electrons. The normalized spacial score (nSPS) is 30.8. The lowest BCUT2D eigenvalue weighted by atomic mass is 9.89. The molecule has 0 spiro atoms. The number of anilines is 1. The first-order valence-corrected chi connectivity index (χ1v) is 6.42. The fourth-order valence-electron chi connectivity index (χ4n) is 3.51. The van der Waals surface area contributed by atoms with Crippen LogP contribution in [-0.4, -0.2) is 6.54 Å². The Morgan fingerprint density at radius 2 is 2.06 bits per heavy atom. The first-order chi connectivity index (χ1) is 8.24. The molecular weight excluding hydrogens is 220 g/mol. The molecule has 0 amide bonds. The van der Waals surface area contributed by atoms with Gasteiger partial charge in [0.2, 0.25) is 0 Å². The van der Waals surface area contributed by atoms with Gasteiger partial charge in [0.25, 0.3) is 0 Å². The number of hydrogen-bond donors (Lipinski definition) is 1. The molecule has 2 bridgehead atoms. The second kappa shape index (κ2) is 4.28. The summed E-state index contributed by atoms with van der Waals surface area (Å²) < 4.78 is 26.4. The lowest BCUT2D eigenvalue weighted by Crippen LogP contribution is -2.20. The molecule has 0 saturated heterocycles. The molecule has 0 aromatic heterocycles. The minimum atomic E-state index is -0.775. The molecule has 2 fully saturated rings. The van der Waals surface area contributed by atoms with E-state index in [2.05, 4.69) is 5.32 Å². The summed E-state index contributed by atoms with van der Waals surface area (Å²) in [5, 5.41) is 3.07. The Labute approximate surface area is 100 Å². The molecule has 2 aliphatic rings. The zero-order valence-corrected chi connectivity index (χ0v) is 9.76. The molecule has 1 aromatic rings. The summed E-state index contributed by atoms with van der Waals surface area (Å²) in [5.41, 5.74) is 0.299. The van der Waals surface area contributed by atoms with Crippen LogP contribution in [0.2, 0.25) is 0 Å². The van der Waals surface area contributed by atoms with Crippen molar-refractivity contribution >= 4 is 5.69 Å². The number of nitrogens with one attached hydrogen (secondary N) is 1. The quantitative estimate of drug-likeness (QED) is 0.842. The van der Waals surface area contributed by atoms with Gasteiger partial charge < -0.3 is 5.32 Å². The van der Waals surface area contributed by atoms with Gasteiger partial charge in [-0.3, -0.25) is 0 Å². The topological polar surface area (TPSA) is 12.0 Å². The summed E-state index contributed by atoms with van der Waals surface area (Å²) in [5.74, 6) is 0.822. The third-order valence-corrected chi connectivity index (χ3v) is 4.39. The highest BCUT2D eigenvalue weighted by Crippen LogP contribution is 2.48. The average molecular weight is 237 g/mol. The van der Waals surface area contributed by atoms with Crippen molar-refractivity contribution in [3.63, 3.8) is 0 Å². The van der Waals surface area contributed by atoms with E-state index in [1.54, 1.807) is 12.1 Å². The average Bonchev–Trinajstić information content (AvgIpc) is 2.93. The molecule has 3 rings (SSSR count). The molecule has 0 heterocycles. The van der Waals surface area contributed by atoms with Crippen LogP contribution in [0.1, 0.15) is 25.7 Å². The minimum absolute atomic E-state index is 0.299. The van der Waals surface area contributed by atoms with Crippen LogP contribution in [-0.2, 0) is 0 Å². The van der Waals surface area contributed by atoms with E-state index >= 15 is 0 Å². The van der Waals surface area contributed by atoms with E-state index in [1.165, 1.54) is 25.7 Å². The molecule has 3 atom stereocenters. The lowest BCUT2D eigenvalue weighted by Gasteiger charge is -2.22. The van der Waals surface area contributed by atoms with Gasteiger partial charge in [-0.15, -0.1) is 0 Å². The van der Waals surface area contributed by atoms with E-state index in [0.717, 1.165) is 24.4 Å². The third-order valence-electron chi connectivity index (χ3n) is 4.39. The number of halogens is 2. The molecule has 1 nitrogen and oxygen atoms in total. The summed E-state index contributed by atoms with van der Waals surface area (Å²) >= 11 is 0. The zero-order chi connectivity index (χ0) is 11.8. The maximum absolute atomic E-state index is 13.4. The third kappa shape index (κ3) is 2.03. The van der Waals surface area contributed by atoms with Crippen molar-refractivity contribution in [2.45, 2.75) is 25.7 Å². The van der Waals surface area contributed by atoms with Gasteiger partial charge in [0.15, 0.2) is 11.6 Å². The second-order valence-corrected chi connectivity index (χ2v) is 5.42. The van der Waals surface area contributed by atoms with Gasteiger partial charge in [-0.2, -0.15) is 0 Å². The van der Waals surface area contributed by atoms with Crippen molar-refractivity contribution in [2.24, 2.45) is 17.8 Å². The van der Waals surface area contributed by atoms with Crippen LogP contribution >= 0.6 is 0 Å². The van der Waals surface area contributed by atoms with Gasteiger partial charge in [-0.05, 0) is 49.1 Å². The maximum Gasteiger partial charge on any atom is 0.181 e. The van der Waals surface area contributed by atoms with Crippen LogP contribution in [0.15, 0.2) is 18.2 Å². The molecule has 0 aliphatic heterocycles. The van der Waals surface area contributed by atoms with E-state index in [4.69, 9.17) is 0 Å². The van der Waals surface area contributed by atoms with Crippen molar-refractivity contribution in [1.29, 1.82) is 0 Å². The number of benzene rings is 1. The van der Waals surface area contributed by atoms with Gasteiger partial charge in [-0.1, -0.05) is 12.5 Å². The maximum atomic E-state index is 13.4. The molecule has 2 aliphatic carbocycles. The molecule has 2 saturated carbocycles. The Kier molecular flexibility index (Phi) is 2.77. The van der Waals surface area contributed by atoms with Gasteiger partial charge in [0, 0.05) is 6.54 Å². The first kappa shape index (κ1) is 11.0. The standard InChI is InChI=1S/C14H17F2N/c15-12-2-1-3-13(14(12)16)17-8-11-7-9-4-5-10(11)6-9/h1-3,9-11,17H,4-8H2. The van der Waals surface area contributed by atoms with Crippen molar-refractivity contribution in [1.82, 2.24) is 0 Å². The highest BCUT2D eigenvalue weighted by molar-refractivity contribution is 5.44. The van der Waals surface area contributed by atoms with E-state index in [-0.39, 0.29) is 0 Å². The smallest absolute Gasteiger partial charge is 0.181 e. The summed E-state index contributed by atoms with van der Waals surface area (Å²) in [6, 6.07) is 4.30. The summed E-state index contributed by atoms with van der Waals surface area (Å²) in [7, 11) is 0. The Hall–Kier alpha value is -1.12. The summed E-state index contributed by atoms with van der Waals surface area (Å²) in [6.45, 7) is 0.779. The second-order valence-electron chi connectivity index (χ2n) is 5.42. The van der Waals surface area contributed by atoms with Crippen LogP contribution in [0.4, 0.5) is 14.5 Å². The van der Waals surface area contributed by atoms with Crippen LogP contribution < -0.4 is 5.32 Å². The summed E-state index contributed by atoms with van der Waals surface area (Å²) in [6.07, 6.45) is 5.30. The van der Waals surface area contributed by atoms with Crippen molar-refractivity contribution in [2.75, 3.05) is 11.9 Å². The monoisotopic (exact) mass is 237 g/mol. The molecular formula is C14H17F2N. The predicted octanol–water partition coefficient (Wildman–Crippen LogP) is 3.81. The highest BCUT2D eigenvalue weighted by atomic mass is 19.2. The lowest BCUT2D eigenvalue weighted by molar-refractivity contribution is 0.348. The van der Waals surface area contributed by atoms with Crippen LogP contribution in [0.5, 0.6) is 0 Å². The van der Waals surface area contributed by atoms with Crippen LogP contribution in [0, 0.1) is 29.4 Å². The van der Waals surface area contributed by atoms with Crippen LogP contribution in [0.3, 0.4) is 0 Å². The summed E-state index contributed by atoms with van der Waals surface area (Å²) in [4.78, 5) is 0. The Morgan fingerprint density at radius 1 is 1.18 bits per heavy atom. The molecule has 1 aromatic carbocycles.